The number of likely N-dealkylation sites (tertiary alicyclic amines) is 1. The molecule has 1 aliphatic heterocycles. The van der Waals surface area contributed by atoms with Gasteiger partial charge in [-0.25, -0.2) is 4.98 Å². The van der Waals surface area contributed by atoms with E-state index in [-0.39, 0.29) is 23.4 Å². The molecule has 0 unspecified atom stereocenters. The van der Waals surface area contributed by atoms with Gasteiger partial charge in [-0.05, 0) is 56.5 Å². The van der Waals surface area contributed by atoms with E-state index >= 15 is 0 Å². The first-order chi connectivity index (χ1) is 12.7. The highest BCUT2D eigenvalue weighted by Gasteiger charge is 2.32. The Bertz CT molecular complexity index is 818. The van der Waals surface area contributed by atoms with Crippen molar-refractivity contribution in [1.82, 2.24) is 20.2 Å². The molecule has 26 heavy (non-hydrogen) atoms. The Morgan fingerprint density at radius 1 is 1.19 bits per heavy atom. The van der Waals surface area contributed by atoms with E-state index in [2.05, 4.69) is 32.3 Å². The van der Waals surface area contributed by atoms with Crippen LogP contribution in [0.2, 0.25) is 0 Å². The maximum absolute atomic E-state index is 12.4. The van der Waals surface area contributed by atoms with Crippen LogP contribution in [0.15, 0.2) is 41.5 Å². The van der Waals surface area contributed by atoms with E-state index in [9.17, 15) is 9.59 Å². The second-order valence-electron chi connectivity index (χ2n) is 7.35. The third-order valence-electron chi connectivity index (χ3n) is 5.41. The Balaban J connectivity index is 1.28. The molecule has 4 rings (SSSR count). The van der Waals surface area contributed by atoms with Crippen LogP contribution in [-0.4, -0.2) is 39.9 Å². The molecule has 2 aliphatic rings. The first-order valence-corrected chi connectivity index (χ1v) is 9.34. The number of nitrogens with zero attached hydrogens (tertiary/aromatic N) is 2. The number of hydrogen-bond acceptors (Lipinski definition) is 4. The van der Waals surface area contributed by atoms with Crippen molar-refractivity contribution in [2.24, 2.45) is 0 Å². The quantitative estimate of drug-likeness (QED) is 0.863. The largest absolute Gasteiger partial charge is 0.349 e. The predicted octanol–water partition coefficient (Wildman–Crippen LogP) is 2.04. The fourth-order valence-electron chi connectivity index (χ4n) is 3.81. The van der Waals surface area contributed by atoms with Crippen LogP contribution < -0.4 is 10.9 Å². The van der Waals surface area contributed by atoms with Gasteiger partial charge in [0.2, 0.25) is 0 Å². The summed E-state index contributed by atoms with van der Waals surface area (Å²) < 4.78 is 0. The van der Waals surface area contributed by atoms with Gasteiger partial charge in [0, 0.05) is 30.1 Å². The number of carbonyl (C=O) groups is 1. The number of hydrogen-bond donors (Lipinski definition) is 2. The molecule has 2 aromatic rings. The van der Waals surface area contributed by atoms with Crippen LogP contribution in [0, 0.1) is 0 Å². The average Bonchev–Trinajstić information content (AvgIpc) is 3.11. The normalized spacial score (nSPS) is 22.8. The van der Waals surface area contributed by atoms with Crippen LogP contribution in [-0.2, 0) is 6.54 Å². The summed E-state index contributed by atoms with van der Waals surface area (Å²) in [7, 11) is 0. The van der Waals surface area contributed by atoms with Crippen molar-refractivity contribution in [3.63, 3.8) is 0 Å². The highest BCUT2D eigenvalue weighted by Crippen LogP contribution is 2.35. The lowest BCUT2D eigenvalue weighted by Crippen LogP contribution is -2.43. The van der Waals surface area contributed by atoms with Crippen LogP contribution in [0.5, 0.6) is 0 Å². The molecule has 1 aromatic carbocycles. The number of nitrogens with one attached hydrogen (secondary N) is 2. The second-order valence-corrected chi connectivity index (χ2v) is 7.35. The summed E-state index contributed by atoms with van der Waals surface area (Å²) in [5.41, 5.74) is 2.64. The lowest BCUT2D eigenvalue weighted by Gasteiger charge is -2.35. The van der Waals surface area contributed by atoms with Crippen LogP contribution in [0.3, 0.4) is 0 Å². The van der Waals surface area contributed by atoms with E-state index in [1.807, 2.05) is 12.1 Å². The lowest BCUT2D eigenvalue weighted by atomic mass is 9.78. The zero-order chi connectivity index (χ0) is 17.9. The van der Waals surface area contributed by atoms with E-state index in [0.717, 1.165) is 25.1 Å². The smallest absolute Gasteiger partial charge is 0.251 e. The van der Waals surface area contributed by atoms with E-state index in [4.69, 9.17) is 0 Å². The number of rotatable bonds is 5. The molecule has 1 aromatic heterocycles. The van der Waals surface area contributed by atoms with Gasteiger partial charge in [-0.3, -0.25) is 14.5 Å². The van der Waals surface area contributed by atoms with E-state index in [0.29, 0.717) is 5.56 Å². The molecular weight excluding hydrogens is 328 g/mol. The molecule has 0 bridgehead atoms. The molecule has 136 valence electrons. The van der Waals surface area contributed by atoms with Crippen molar-refractivity contribution in [2.45, 2.75) is 44.2 Å². The number of aromatic amines is 1. The Morgan fingerprint density at radius 3 is 2.62 bits per heavy atom. The zero-order valence-electron chi connectivity index (χ0n) is 14.8. The maximum Gasteiger partial charge on any atom is 0.251 e. The molecule has 1 saturated carbocycles. The molecule has 1 aliphatic carbocycles. The van der Waals surface area contributed by atoms with Gasteiger partial charge < -0.3 is 10.3 Å². The number of carbonyl (C=O) groups excluding carboxylic acids is 1. The third-order valence-corrected chi connectivity index (χ3v) is 5.41. The molecule has 2 heterocycles. The Hall–Kier alpha value is -2.47. The van der Waals surface area contributed by atoms with E-state index < -0.39 is 0 Å². The van der Waals surface area contributed by atoms with Crippen molar-refractivity contribution >= 4 is 5.91 Å². The molecular formula is C20H24N4O2. The van der Waals surface area contributed by atoms with Crippen molar-refractivity contribution in [3.8, 4) is 0 Å². The average molecular weight is 352 g/mol. The Kier molecular flexibility index (Phi) is 4.84. The summed E-state index contributed by atoms with van der Waals surface area (Å²) >= 11 is 0. The van der Waals surface area contributed by atoms with Gasteiger partial charge in [0.1, 0.15) is 0 Å². The fourth-order valence-corrected chi connectivity index (χ4v) is 3.81. The minimum atomic E-state index is -0.128. The SMILES string of the molecule is O=C(NC1CC(c2cc(=O)[nH]cn2)C1)c1ccc(CN2CCCC2)cc1. The van der Waals surface area contributed by atoms with Gasteiger partial charge in [0.25, 0.3) is 11.5 Å². The van der Waals surface area contributed by atoms with Crippen LogP contribution in [0.25, 0.3) is 0 Å². The molecule has 6 nitrogen and oxygen atoms in total. The predicted molar refractivity (Wildman–Crippen MR) is 99.0 cm³/mol. The van der Waals surface area contributed by atoms with E-state index in [1.54, 1.807) is 6.07 Å². The summed E-state index contributed by atoms with van der Waals surface area (Å²) in [5, 5.41) is 3.08. The number of benzene rings is 1. The molecule has 0 atom stereocenters. The first kappa shape index (κ1) is 17.0. The van der Waals surface area contributed by atoms with Gasteiger partial charge in [-0.15, -0.1) is 0 Å². The second kappa shape index (κ2) is 7.41. The molecule has 1 saturated heterocycles. The summed E-state index contributed by atoms with van der Waals surface area (Å²) in [6.45, 7) is 3.32. The highest BCUT2D eigenvalue weighted by molar-refractivity contribution is 5.94. The minimum Gasteiger partial charge on any atom is -0.349 e. The monoisotopic (exact) mass is 352 g/mol. The maximum atomic E-state index is 12.4. The number of aromatic nitrogens is 2. The summed E-state index contributed by atoms with van der Waals surface area (Å²) in [6, 6.07) is 9.62. The van der Waals surface area contributed by atoms with Crippen molar-refractivity contribution < 1.29 is 4.79 Å². The Morgan fingerprint density at radius 2 is 1.92 bits per heavy atom. The van der Waals surface area contributed by atoms with Gasteiger partial charge in [0.05, 0.1) is 12.0 Å². The number of amides is 1. The fraction of sp³-hybridized carbons (Fsp3) is 0.450. The number of H-pyrrole nitrogens is 1. The van der Waals surface area contributed by atoms with Crippen LogP contribution in [0.1, 0.15) is 53.2 Å². The molecule has 2 fully saturated rings. The summed E-state index contributed by atoms with van der Waals surface area (Å²) in [4.78, 5) is 32.9. The standard InChI is InChI=1S/C20H24N4O2/c25-19-11-18(21-13-22-19)16-9-17(10-16)23-20(26)15-5-3-14(4-6-15)12-24-7-1-2-8-24/h3-6,11,13,16-17H,1-2,7-10,12H2,(H,23,26)(H,21,22,25). The van der Waals surface area contributed by atoms with Gasteiger partial charge in [-0.2, -0.15) is 0 Å². The lowest BCUT2D eigenvalue weighted by molar-refractivity contribution is 0.0908. The van der Waals surface area contributed by atoms with E-state index in [1.165, 1.54) is 37.8 Å². The van der Waals surface area contributed by atoms with Crippen molar-refractivity contribution in [2.75, 3.05) is 13.1 Å². The van der Waals surface area contributed by atoms with Gasteiger partial charge in [0.15, 0.2) is 0 Å². The first-order valence-electron chi connectivity index (χ1n) is 9.34. The molecule has 0 radical (unpaired) electrons. The van der Waals surface area contributed by atoms with Gasteiger partial charge in [-0.1, -0.05) is 12.1 Å². The summed E-state index contributed by atoms with van der Waals surface area (Å²) in [5.74, 6) is 0.227. The summed E-state index contributed by atoms with van der Waals surface area (Å²) in [6.07, 6.45) is 5.67. The molecule has 0 spiro atoms. The third kappa shape index (κ3) is 3.85. The topological polar surface area (TPSA) is 78.1 Å². The highest BCUT2D eigenvalue weighted by atomic mass is 16.1. The van der Waals surface area contributed by atoms with Crippen LogP contribution >= 0.6 is 0 Å². The molecule has 6 heteroatoms. The van der Waals surface area contributed by atoms with Crippen molar-refractivity contribution in [1.29, 1.82) is 0 Å². The molecule has 1 amide bonds. The zero-order valence-corrected chi connectivity index (χ0v) is 14.8. The van der Waals surface area contributed by atoms with Crippen LogP contribution in [0.4, 0.5) is 0 Å². The minimum absolute atomic E-state index is 0.0277. The van der Waals surface area contributed by atoms with Crippen molar-refractivity contribution in [3.05, 3.63) is 63.8 Å². The molecule has 2 N–H and O–H groups in total. The van der Waals surface area contributed by atoms with Gasteiger partial charge >= 0.3 is 0 Å². The Labute approximate surface area is 152 Å².